The summed E-state index contributed by atoms with van der Waals surface area (Å²) in [4.78, 5) is 4.92. The van der Waals surface area contributed by atoms with Crippen LogP contribution in [0.15, 0.2) is 42.5 Å². The number of benzene rings is 2. The molecule has 2 aromatic rings. The molecule has 0 bridgehead atoms. The van der Waals surface area contributed by atoms with Gasteiger partial charge in [-0.2, -0.15) is 0 Å². The summed E-state index contributed by atoms with van der Waals surface area (Å²) in [5.74, 6) is 2.64. The van der Waals surface area contributed by atoms with Crippen LogP contribution in [-0.2, 0) is 13.1 Å². The number of hydrogen-bond donors (Lipinski definition) is 0. The van der Waals surface area contributed by atoms with Crippen LogP contribution in [0, 0.1) is 0 Å². The zero-order valence-electron chi connectivity index (χ0n) is 17.8. The van der Waals surface area contributed by atoms with Crippen molar-refractivity contribution in [2.45, 2.75) is 38.5 Å². The third-order valence-electron chi connectivity index (χ3n) is 6.04. The molecule has 2 aliphatic heterocycles. The lowest BCUT2D eigenvalue weighted by Gasteiger charge is -2.42. The Bertz CT molecular complexity index is 831. The van der Waals surface area contributed by atoms with Crippen molar-refractivity contribution in [1.29, 1.82) is 0 Å². The van der Waals surface area contributed by atoms with Gasteiger partial charge in [-0.05, 0) is 37.7 Å². The van der Waals surface area contributed by atoms with E-state index in [1.807, 2.05) is 13.0 Å². The van der Waals surface area contributed by atoms with Crippen molar-refractivity contribution in [1.82, 2.24) is 9.80 Å². The summed E-state index contributed by atoms with van der Waals surface area (Å²) in [6.45, 7) is 7.46. The van der Waals surface area contributed by atoms with Crippen LogP contribution in [0.2, 0.25) is 0 Å². The first kappa shape index (κ1) is 20.0. The molecule has 0 saturated carbocycles. The van der Waals surface area contributed by atoms with Gasteiger partial charge in [-0.15, -0.1) is 0 Å². The number of nitrogens with zero attached hydrogens (tertiary/aromatic N) is 2. The summed E-state index contributed by atoms with van der Waals surface area (Å²) < 4.78 is 17.9. The number of hydrogen-bond acceptors (Lipinski definition) is 5. The fraction of sp³-hybridized carbons (Fsp3) is 0.500. The summed E-state index contributed by atoms with van der Waals surface area (Å²) in [7, 11) is 3.90. The molecular weight excluding hydrogens is 364 g/mol. The minimum Gasteiger partial charge on any atom is -0.493 e. The van der Waals surface area contributed by atoms with Crippen LogP contribution < -0.4 is 14.2 Å². The Balaban J connectivity index is 1.59. The van der Waals surface area contributed by atoms with Gasteiger partial charge in [0, 0.05) is 51.1 Å². The van der Waals surface area contributed by atoms with Crippen molar-refractivity contribution in [3.8, 4) is 17.2 Å². The molecule has 0 unspecified atom stereocenters. The van der Waals surface area contributed by atoms with Crippen LogP contribution in [0.4, 0.5) is 0 Å². The normalized spacial score (nSPS) is 19.3. The Morgan fingerprint density at radius 1 is 1.07 bits per heavy atom. The summed E-state index contributed by atoms with van der Waals surface area (Å²) in [6, 6.07) is 14.8. The summed E-state index contributed by atoms with van der Waals surface area (Å²) in [5.41, 5.74) is 2.38. The van der Waals surface area contributed by atoms with Gasteiger partial charge >= 0.3 is 0 Å². The van der Waals surface area contributed by atoms with Crippen molar-refractivity contribution in [2.75, 3.05) is 40.4 Å². The van der Waals surface area contributed by atoms with Crippen molar-refractivity contribution in [2.24, 2.45) is 0 Å². The van der Waals surface area contributed by atoms with Gasteiger partial charge in [0.25, 0.3) is 0 Å². The predicted molar refractivity (Wildman–Crippen MR) is 115 cm³/mol. The second-order valence-corrected chi connectivity index (χ2v) is 8.26. The van der Waals surface area contributed by atoms with E-state index in [-0.39, 0.29) is 5.60 Å². The van der Waals surface area contributed by atoms with Crippen LogP contribution in [0.5, 0.6) is 17.2 Å². The predicted octanol–water partition coefficient (Wildman–Crippen LogP) is 3.95. The third kappa shape index (κ3) is 4.51. The van der Waals surface area contributed by atoms with E-state index in [9.17, 15) is 0 Å². The highest BCUT2D eigenvalue weighted by molar-refractivity contribution is 5.43. The van der Waals surface area contributed by atoms with E-state index in [0.717, 1.165) is 62.8 Å². The van der Waals surface area contributed by atoms with Crippen molar-refractivity contribution < 1.29 is 14.2 Å². The number of likely N-dealkylation sites (tertiary alicyclic amines) is 1. The highest BCUT2D eigenvalue weighted by atomic mass is 16.5. The Labute approximate surface area is 174 Å². The van der Waals surface area contributed by atoms with Crippen LogP contribution in [0.3, 0.4) is 0 Å². The lowest BCUT2D eigenvalue weighted by Crippen LogP contribution is -2.52. The number of para-hydroxylation sites is 1. The maximum Gasteiger partial charge on any atom is 0.161 e. The first-order valence-corrected chi connectivity index (χ1v) is 10.6. The molecule has 0 radical (unpaired) electrons. The summed E-state index contributed by atoms with van der Waals surface area (Å²) >= 11 is 0. The highest BCUT2D eigenvalue weighted by Crippen LogP contribution is 2.36. The van der Waals surface area contributed by atoms with Gasteiger partial charge in [0.05, 0.1) is 13.7 Å². The molecule has 1 fully saturated rings. The van der Waals surface area contributed by atoms with Gasteiger partial charge in [0.2, 0.25) is 0 Å². The summed E-state index contributed by atoms with van der Waals surface area (Å²) in [5, 5.41) is 0. The molecule has 5 heteroatoms. The number of ether oxygens (including phenoxy) is 3. The summed E-state index contributed by atoms with van der Waals surface area (Å²) in [6.07, 6.45) is 2.11. The number of methoxy groups -OCH3 is 1. The second kappa shape index (κ2) is 8.64. The first-order chi connectivity index (χ1) is 14.1. The van der Waals surface area contributed by atoms with Gasteiger partial charge in [-0.3, -0.25) is 4.90 Å². The van der Waals surface area contributed by atoms with E-state index < -0.39 is 0 Å². The fourth-order valence-electron chi connectivity index (χ4n) is 4.45. The average Bonchev–Trinajstić information content (AvgIpc) is 2.87. The quantitative estimate of drug-likeness (QED) is 0.764. The van der Waals surface area contributed by atoms with Crippen molar-refractivity contribution in [3.05, 3.63) is 53.6 Å². The van der Waals surface area contributed by atoms with Crippen molar-refractivity contribution in [3.63, 3.8) is 0 Å². The molecule has 156 valence electrons. The Morgan fingerprint density at radius 3 is 2.62 bits per heavy atom. The number of rotatable bonds is 5. The van der Waals surface area contributed by atoms with Crippen LogP contribution in [0.1, 0.15) is 30.9 Å². The van der Waals surface area contributed by atoms with E-state index >= 15 is 0 Å². The van der Waals surface area contributed by atoms with Gasteiger partial charge in [-0.25, -0.2) is 0 Å². The first-order valence-electron chi connectivity index (χ1n) is 10.6. The van der Waals surface area contributed by atoms with E-state index in [1.165, 1.54) is 11.1 Å². The fourth-order valence-corrected chi connectivity index (χ4v) is 4.45. The lowest BCUT2D eigenvalue weighted by molar-refractivity contribution is -0.0146. The minimum atomic E-state index is -0.117. The number of fused-ring (bicyclic) bond motifs is 1. The zero-order chi connectivity index (χ0) is 20.3. The molecule has 0 N–H and O–H groups in total. The van der Waals surface area contributed by atoms with E-state index in [0.29, 0.717) is 6.61 Å². The SMILES string of the molecule is CCOc1ccc(CN2Cc3ccccc3OC3(CCN(C)CC3)C2)cc1OC. The van der Waals surface area contributed by atoms with Gasteiger partial charge < -0.3 is 19.1 Å². The van der Waals surface area contributed by atoms with E-state index in [1.54, 1.807) is 7.11 Å². The highest BCUT2D eigenvalue weighted by Gasteiger charge is 2.40. The largest absolute Gasteiger partial charge is 0.493 e. The maximum atomic E-state index is 6.68. The molecule has 0 aromatic heterocycles. The molecule has 4 rings (SSSR count). The molecule has 2 aliphatic rings. The molecular formula is C24H32N2O3. The Morgan fingerprint density at radius 2 is 1.86 bits per heavy atom. The number of piperidine rings is 1. The van der Waals surface area contributed by atoms with E-state index in [2.05, 4.69) is 53.2 Å². The maximum absolute atomic E-state index is 6.68. The molecule has 2 heterocycles. The zero-order valence-corrected chi connectivity index (χ0v) is 17.8. The molecule has 29 heavy (non-hydrogen) atoms. The molecule has 1 spiro atoms. The smallest absolute Gasteiger partial charge is 0.161 e. The Kier molecular flexibility index (Phi) is 5.97. The van der Waals surface area contributed by atoms with Gasteiger partial charge in [0.1, 0.15) is 11.4 Å². The minimum absolute atomic E-state index is 0.117. The third-order valence-corrected chi connectivity index (χ3v) is 6.04. The molecule has 0 atom stereocenters. The molecule has 2 aromatic carbocycles. The average molecular weight is 397 g/mol. The second-order valence-electron chi connectivity index (χ2n) is 8.26. The molecule has 5 nitrogen and oxygen atoms in total. The topological polar surface area (TPSA) is 34.2 Å². The van der Waals surface area contributed by atoms with Crippen LogP contribution >= 0.6 is 0 Å². The van der Waals surface area contributed by atoms with Crippen LogP contribution in [-0.4, -0.2) is 55.8 Å². The monoisotopic (exact) mass is 396 g/mol. The van der Waals surface area contributed by atoms with Crippen LogP contribution in [0.25, 0.3) is 0 Å². The van der Waals surface area contributed by atoms with Gasteiger partial charge in [0.15, 0.2) is 11.5 Å². The van der Waals surface area contributed by atoms with Crippen molar-refractivity contribution >= 4 is 0 Å². The molecule has 0 aliphatic carbocycles. The van der Waals surface area contributed by atoms with Gasteiger partial charge in [-0.1, -0.05) is 24.3 Å². The van der Waals surface area contributed by atoms with E-state index in [4.69, 9.17) is 14.2 Å². The molecule has 1 saturated heterocycles. The lowest BCUT2D eigenvalue weighted by atomic mass is 9.90. The standard InChI is InChI=1S/C24H32N2O3/c1-4-28-22-10-9-19(15-23(22)27-3)16-26-17-20-7-5-6-8-21(20)29-24(18-26)11-13-25(2)14-12-24/h5-10,15H,4,11-14,16-18H2,1-3H3. The molecule has 0 amide bonds. The Hall–Kier alpha value is -2.24.